The lowest BCUT2D eigenvalue weighted by Crippen LogP contribution is -2.19. The van der Waals surface area contributed by atoms with Crippen molar-refractivity contribution in [2.75, 3.05) is 30.9 Å². The van der Waals surface area contributed by atoms with Gasteiger partial charge in [0.05, 0.1) is 0 Å². The fourth-order valence-electron chi connectivity index (χ4n) is 2.37. The molecule has 3 rings (SSSR count). The predicted molar refractivity (Wildman–Crippen MR) is 96.0 cm³/mol. The van der Waals surface area contributed by atoms with E-state index in [9.17, 15) is 0 Å². The molecule has 5 nitrogen and oxygen atoms in total. The van der Waals surface area contributed by atoms with Crippen molar-refractivity contribution in [2.24, 2.45) is 0 Å². The second-order valence-electron chi connectivity index (χ2n) is 5.48. The highest BCUT2D eigenvalue weighted by Gasteiger charge is 2.13. The molecule has 0 bridgehead atoms. The van der Waals surface area contributed by atoms with Gasteiger partial charge in [-0.15, -0.1) is 10.2 Å². The van der Waals surface area contributed by atoms with Crippen LogP contribution in [-0.4, -0.2) is 36.3 Å². The molecular formula is C17H19N5S. The number of benzene rings is 1. The van der Waals surface area contributed by atoms with Crippen LogP contribution in [-0.2, 0) is 6.54 Å². The van der Waals surface area contributed by atoms with Gasteiger partial charge in [-0.25, -0.2) is 0 Å². The van der Waals surface area contributed by atoms with Crippen molar-refractivity contribution in [2.45, 2.75) is 6.54 Å². The standard InChI is InChI=1S/C17H19N5S/c1-21(2)15-10-5-4-8-13(15)12-22(3)17-20-19-16(23-17)14-9-6-7-11-18-14/h4-11H,12H2,1-3H3. The second-order valence-corrected chi connectivity index (χ2v) is 6.44. The highest BCUT2D eigenvalue weighted by Crippen LogP contribution is 2.28. The highest BCUT2D eigenvalue weighted by atomic mass is 32.1. The first kappa shape index (κ1) is 15.4. The van der Waals surface area contributed by atoms with E-state index in [1.807, 2.05) is 25.2 Å². The van der Waals surface area contributed by atoms with Crippen molar-refractivity contribution in [3.63, 3.8) is 0 Å². The van der Waals surface area contributed by atoms with Crippen LogP contribution >= 0.6 is 11.3 Å². The van der Waals surface area contributed by atoms with Gasteiger partial charge in [0.15, 0.2) is 5.01 Å². The van der Waals surface area contributed by atoms with Crippen LogP contribution in [0.5, 0.6) is 0 Å². The van der Waals surface area contributed by atoms with Crippen molar-refractivity contribution < 1.29 is 0 Å². The summed E-state index contributed by atoms with van der Waals surface area (Å²) in [5.41, 5.74) is 3.33. The lowest BCUT2D eigenvalue weighted by Gasteiger charge is -2.21. The molecule has 0 aliphatic rings. The molecule has 0 saturated heterocycles. The summed E-state index contributed by atoms with van der Waals surface area (Å²) in [6, 6.07) is 14.2. The normalized spacial score (nSPS) is 10.6. The van der Waals surface area contributed by atoms with Crippen molar-refractivity contribution in [1.82, 2.24) is 15.2 Å². The molecule has 2 heterocycles. The molecule has 0 N–H and O–H groups in total. The molecule has 0 unspecified atom stereocenters. The molecule has 0 aliphatic heterocycles. The molecule has 0 radical (unpaired) electrons. The Bertz CT molecular complexity index is 769. The minimum atomic E-state index is 0.783. The Morgan fingerprint density at radius 3 is 2.48 bits per heavy atom. The quantitative estimate of drug-likeness (QED) is 0.720. The summed E-state index contributed by atoms with van der Waals surface area (Å²) in [6.07, 6.45) is 1.77. The number of hydrogen-bond donors (Lipinski definition) is 0. The third kappa shape index (κ3) is 3.48. The minimum absolute atomic E-state index is 0.783. The van der Waals surface area contributed by atoms with Crippen molar-refractivity contribution in [1.29, 1.82) is 0 Å². The maximum atomic E-state index is 4.33. The van der Waals surface area contributed by atoms with Gasteiger partial charge in [-0.3, -0.25) is 4.98 Å². The summed E-state index contributed by atoms with van der Waals surface area (Å²) in [5, 5.41) is 10.3. The summed E-state index contributed by atoms with van der Waals surface area (Å²) >= 11 is 1.56. The second kappa shape index (κ2) is 6.75. The Hall–Kier alpha value is -2.47. The van der Waals surface area contributed by atoms with Crippen LogP contribution in [0.25, 0.3) is 10.7 Å². The molecule has 0 aliphatic carbocycles. The number of nitrogens with zero attached hydrogens (tertiary/aromatic N) is 5. The third-order valence-electron chi connectivity index (χ3n) is 3.51. The Morgan fingerprint density at radius 1 is 0.957 bits per heavy atom. The van der Waals surface area contributed by atoms with Gasteiger partial charge in [0.2, 0.25) is 5.13 Å². The average molecular weight is 325 g/mol. The summed E-state index contributed by atoms with van der Waals surface area (Å²) in [4.78, 5) is 8.57. The van der Waals surface area contributed by atoms with E-state index in [0.29, 0.717) is 0 Å². The molecule has 23 heavy (non-hydrogen) atoms. The van der Waals surface area contributed by atoms with Crippen LogP contribution in [0.2, 0.25) is 0 Å². The topological polar surface area (TPSA) is 45.2 Å². The predicted octanol–water partition coefficient (Wildman–Crippen LogP) is 3.30. The molecule has 2 aromatic heterocycles. The third-order valence-corrected chi connectivity index (χ3v) is 4.57. The Morgan fingerprint density at radius 2 is 1.74 bits per heavy atom. The molecule has 0 atom stereocenters. The lowest BCUT2D eigenvalue weighted by atomic mass is 10.1. The molecule has 0 amide bonds. The van der Waals surface area contributed by atoms with Crippen molar-refractivity contribution >= 4 is 22.2 Å². The van der Waals surface area contributed by atoms with Crippen LogP contribution in [0, 0.1) is 0 Å². The Labute approximate surface area is 140 Å². The fraction of sp³-hybridized carbons (Fsp3) is 0.235. The molecule has 0 saturated carbocycles. The zero-order chi connectivity index (χ0) is 16.2. The molecule has 3 aromatic rings. The van der Waals surface area contributed by atoms with Gasteiger partial charge in [0.25, 0.3) is 0 Å². The van der Waals surface area contributed by atoms with Gasteiger partial charge in [-0.05, 0) is 23.8 Å². The molecule has 6 heteroatoms. The zero-order valence-electron chi connectivity index (χ0n) is 13.5. The number of pyridine rings is 1. The van der Waals surface area contributed by atoms with E-state index in [2.05, 4.69) is 63.3 Å². The van der Waals surface area contributed by atoms with Gasteiger partial charge in [0.1, 0.15) is 5.69 Å². The monoisotopic (exact) mass is 325 g/mol. The SMILES string of the molecule is CN(C)c1ccccc1CN(C)c1nnc(-c2ccccn2)s1. The summed E-state index contributed by atoms with van der Waals surface area (Å²) < 4.78 is 0. The minimum Gasteiger partial charge on any atom is -0.377 e. The molecule has 1 aromatic carbocycles. The number of hydrogen-bond acceptors (Lipinski definition) is 6. The maximum Gasteiger partial charge on any atom is 0.208 e. The Balaban J connectivity index is 1.80. The summed E-state index contributed by atoms with van der Waals surface area (Å²) in [6.45, 7) is 0.783. The fourth-order valence-corrected chi connectivity index (χ4v) is 3.15. The van der Waals surface area contributed by atoms with Gasteiger partial charge < -0.3 is 9.80 Å². The molecule has 118 valence electrons. The van der Waals surface area contributed by atoms with Crippen LogP contribution in [0.3, 0.4) is 0 Å². The van der Waals surface area contributed by atoms with E-state index in [0.717, 1.165) is 22.4 Å². The zero-order valence-corrected chi connectivity index (χ0v) is 14.3. The van der Waals surface area contributed by atoms with Crippen LogP contribution in [0.1, 0.15) is 5.56 Å². The van der Waals surface area contributed by atoms with E-state index < -0.39 is 0 Å². The summed E-state index contributed by atoms with van der Waals surface area (Å²) in [5.74, 6) is 0. The first-order valence-electron chi connectivity index (χ1n) is 7.36. The van der Waals surface area contributed by atoms with Crippen molar-refractivity contribution in [3.8, 4) is 10.7 Å². The van der Waals surface area contributed by atoms with E-state index in [-0.39, 0.29) is 0 Å². The smallest absolute Gasteiger partial charge is 0.208 e. The first-order valence-corrected chi connectivity index (χ1v) is 8.18. The van der Waals surface area contributed by atoms with Gasteiger partial charge in [-0.2, -0.15) is 0 Å². The number of anilines is 2. The lowest BCUT2D eigenvalue weighted by molar-refractivity contribution is 0.888. The average Bonchev–Trinajstić information content (AvgIpc) is 3.06. The molecule has 0 fully saturated rings. The Kier molecular flexibility index (Phi) is 4.52. The highest BCUT2D eigenvalue weighted by molar-refractivity contribution is 7.18. The molecule has 0 spiro atoms. The van der Waals surface area contributed by atoms with Crippen LogP contribution in [0.15, 0.2) is 48.7 Å². The van der Waals surface area contributed by atoms with Crippen LogP contribution in [0.4, 0.5) is 10.8 Å². The summed E-state index contributed by atoms with van der Waals surface area (Å²) in [7, 11) is 6.15. The number of para-hydroxylation sites is 1. The van der Waals surface area contributed by atoms with Gasteiger partial charge >= 0.3 is 0 Å². The van der Waals surface area contributed by atoms with E-state index in [1.54, 1.807) is 17.5 Å². The maximum absolute atomic E-state index is 4.33. The van der Waals surface area contributed by atoms with Gasteiger partial charge in [-0.1, -0.05) is 35.6 Å². The van der Waals surface area contributed by atoms with E-state index in [1.165, 1.54) is 11.3 Å². The van der Waals surface area contributed by atoms with E-state index in [4.69, 9.17) is 0 Å². The largest absolute Gasteiger partial charge is 0.377 e. The number of aromatic nitrogens is 3. The van der Waals surface area contributed by atoms with Gasteiger partial charge in [0, 0.05) is 39.6 Å². The molecular weight excluding hydrogens is 306 g/mol. The number of rotatable bonds is 5. The van der Waals surface area contributed by atoms with Crippen LogP contribution < -0.4 is 9.80 Å². The van der Waals surface area contributed by atoms with E-state index >= 15 is 0 Å². The first-order chi connectivity index (χ1) is 11.1. The van der Waals surface area contributed by atoms with Crippen molar-refractivity contribution in [3.05, 3.63) is 54.2 Å².